The summed E-state index contributed by atoms with van der Waals surface area (Å²) in [4.78, 5) is 2.38. The van der Waals surface area contributed by atoms with Gasteiger partial charge in [-0.05, 0) is 161 Å². The first kappa shape index (κ1) is 39.8. The minimum atomic E-state index is -0.142. The van der Waals surface area contributed by atoms with Crippen LogP contribution in [0.15, 0.2) is 224 Å². The van der Waals surface area contributed by atoms with Crippen molar-refractivity contribution in [2.24, 2.45) is 0 Å². The predicted octanol–water partition coefficient (Wildman–Crippen LogP) is 17.5. The van der Waals surface area contributed by atoms with Crippen LogP contribution in [0.5, 0.6) is 0 Å². The average Bonchev–Trinajstić information content (AvgIpc) is 3.59. The molecule has 10 aromatic rings. The second-order valence-corrected chi connectivity index (χ2v) is 19.3. The zero-order valence-corrected chi connectivity index (χ0v) is 38.0. The highest BCUT2D eigenvalue weighted by atomic mass is 15.1. The fourth-order valence-corrected chi connectivity index (χ4v) is 11.2. The predicted molar refractivity (Wildman–Crippen MR) is 279 cm³/mol. The number of nitrogens with zero attached hydrogens (tertiary/aromatic N) is 1. The maximum absolute atomic E-state index is 2.44. The van der Waals surface area contributed by atoms with Gasteiger partial charge in [-0.15, -0.1) is 0 Å². The quantitative estimate of drug-likeness (QED) is 0.154. The molecular formula is C65H51N. The summed E-state index contributed by atoms with van der Waals surface area (Å²) >= 11 is 0. The van der Waals surface area contributed by atoms with Crippen molar-refractivity contribution < 1.29 is 0 Å². The Morgan fingerprint density at radius 1 is 0.303 bits per heavy atom. The van der Waals surface area contributed by atoms with E-state index >= 15 is 0 Å². The van der Waals surface area contributed by atoms with Crippen molar-refractivity contribution in [2.75, 3.05) is 4.90 Å². The first-order valence-corrected chi connectivity index (χ1v) is 23.4. The molecule has 0 aliphatic heterocycles. The third kappa shape index (κ3) is 6.61. The normalized spacial score (nSPS) is 13.9. The molecule has 0 spiro atoms. The van der Waals surface area contributed by atoms with Gasteiger partial charge in [0, 0.05) is 27.9 Å². The van der Waals surface area contributed by atoms with Gasteiger partial charge < -0.3 is 4.90 Å². The monoisotopic (exact) mass is 845 g/mol. The second-order valence-electron chi connectivity index (χ2n) is 19.3. The summed E-state index contributed by atoms with van der Waals surface area (Å²) in [5.41, 5.74) is 24.2. The van der Waals surface area contributed by atoms with E-state index in [1.54, 1.807) is 0 Å². The summed E-state index contributed by atoms with van der Waals surface area (Å²) in [5, 5.41) is 2.56. The lowest BCUT2D eigenvalue weighted by Gasteiger charge is -2.35. The highest BCUT2D eigenvalue weighted by Crippen LogP contribution is 2.51. The largest absolute Gasteiger partial charge is 0.311 e. The molecule has 316 valence electrons. The first-order valence-electron chi connectivity index (χ1n) is 23.4. The Balaban J connectivity index is 0.870. The Labute approximate surface area is 389 Å². The van der Waals surface area contributed by atoms with Crippen molar-refractivity contribution in [1.82, 2.24) is 0 Å². The van der Waals surface area contributed by atoms with Gasteiger partial charge in [-0.2, -0.15) is 0 Å². The van der Waals surface area contributed by atoms with E-state index in [2.05, 4.69) is 257 Å². The van der Waals surface area contributed by atoms with Crippen LogP contribution in [0.25, 0.3) is 66.4 Å². The molecule has 0 atom stereocenters. The molecule has 2 aliphatic rings. The zero-order valence-electron chi connectivity index (χ0n) is 38.0. The van der Waals surface area contributed by atoms with Crippen LogP contribution in [-0.4, -0.2) is 0 Å². The van der Waals surface area contributed by atoms with Crippen LogP contribution in [0.1, 0.15) is 61.1 Å². The smallest absolute Gasteiger partial charge is 0.0462 e. The maximum atomic E-state index is 2.44. The molecule has 0 aromatic heterocycles. The first-order chi connectivity index (χ1) is 32.2. The summed E-state index contributed by atoms with van der Waals surface area (Å²) < 4.78 is 0. The van der Waals surface area contributed by atoms with Crippen molar-refractivity contribution in [3.63, 3.8) is 0 Å². The van der Waals surface area contributed by atoms with Gasteiger partial charge >= 0.3 is 0 Å². The summed E-state index contributed by atoms with van der Waals surface area (Å²) in [6.45, 7) is 9.51. The summed E-state index contributed by atoms with van der Waals surface area (Å²) in [5.74, 6) is 0. The number of rotatable bonds is 7. The van der Waals surface area contributed by atoms with E-state index in [-0.39, 0.29) is 10.8 Å². The maximum Gasteiger partial charge on any atom is 0.0462 e. The Morgan fingerprint density at radius 2 is 0.742 bits per heavy atom. The van der Waals surface area contributed by atoms with Crippen molar-refractivity contribution in [3.8, 4) is 55.6 Å². The highest BCUT2D eigenvalue weighted by molar-refractivity contribution is 5.98. The van der Waals surface area contributed by atoms with E-state index in [0.29, 0.717) is 0 Å². The van der Waals surface area contributed by atoms with Crippen molar-refractivity contribution in [2.45, 2.75) is 44.9 Å². The molecular weight excluding hydrogens is 795 g/mol. The molecule has 0 bridgehead atoms. The number of hydrogen-bond acceptors (Lipinski definition) is 1. The minimum Gasteiger partial charge on any atom is -0.311 e. The van der Waals surface area contributed by atoms with E-state index < -0.39 is 0 Å². The Bertz CT molecular complexity index is 3460. The Morgan fingerprint density at radius 3 is 1.39 bits per heavy atom. The van der Waals surface area contributed by atoms with Crippen LogP contribution in [-0.2, 0) is 17.3 Å². The standard InChI is InChI=1S/C65H51N/c1-64(2)60-20-11-9-16-51(60)39-52-22-21-48(40-61(52)64)45-25-33-54(34-26-45)66(53-31-23-44(24-32-53)43-13-6-5-7-14-43)55-35-27-46(28-36-55)49-29-37-58-59-38-30-50(42-63(59)65(3,4)62(58)41-49)57-19-12-17-47-15-8-10-18-56(47)57/h5-38,40-42H,39H2,1-4H3. The van der Waals surface area contributed by atoms with Gasteiger partial charge in [0.15, 0.2) is 0 Å². The second kappa shape index (κ2) is 15.5. The van der Waals surface area contributed by atoms with Gasteiger partial charge in [0.05, 0.1) is 0 Å². The average molecular weight is 846 g/mol. The number of hydrogen-bond donors (Lipinski definition) is 0. The van der Waals surface area contributed by atoms with Gasteiger partial charge in [-0.3, -0.25) is 0 Å². The van der Waals surface area contributed by atoms with Crippen LogP contribution in [0.3, 0.4) is 0 Å². The molecule has 0 heterocycles. The third-order valence-electron chi connectivity index (χ3n) is 14.8. The molecule has 2 aliphatic carbocycles. The highest BCUT2D eigenvalue weighted by Gasteiger charge is 2.36. The Hall–Kier alpha value is -7.74. The van der Waals surface area contributed by atoms with E-state index in [1.165, 1.54) is 99.8 Å². The summed E-state index contributed by atoms with van der Waals surface area (Å²) in [6, 6.07) is 83.4. The van der Waals surface area contributed by atoms with E-state index in [9.17, 15) is 0 Å². The van der Waals surface area contributed by atoms with Crippen molar-refractivity contribution >= 4 is 27.8 Å². The summed E-state index contributed by atoms with van der Waals surface area (Å²) in [7, 11) is 0. The number of benzene rings is 10. The fraction of sp³-hybridized carbons (Fsp3) is 0.108. The zero-order chi connectivity index (χ0) is 44.6. The molecule has 0 N–H and O–H groups in total. The fourth-order valence-electron chi connectivity index (χ4n) is 11.2. The summed E-state index contributed by atoms with van der Waals surface area (Å²) in [6.07, 6.45) is 0.984. The number of anilines is 3. The molecule has 0 saturated carbocycles. The molecule has 0 unspecified atom stereocenters. The van der Waals surface area contributed by atoms with Crippen LogP contribution in [0.4, 0.5) is 17.1 Å². The van der Waals surface area contributed by atoms with E-state index in [0.717, 1.165) is 23.5 Å². The topological polar surface area (TPSA) is 3.24 Å². The lowest BCUT2D eigenvalue weighted by molar-refractivity contribution is 0.611. The van der Waals surface area contributed by atoms with E-state index in [4.69, 9.17) is 0 Å². The van der Waals surface area contributed by atoms with Gasteiger partial charge in [0.1, 0.15) is 0 Å². The Kier molecular flexibility index (Phi) is 9.33. The van der Waals surface area contributed by atoms with Crippen LogP contribution in [0, 0.1) is 0 Å². The molecule has 0 saturated heterocycles. The van der Waals surface area contributed by atoms with Crippen molar-refractivity contribution in [1.29, 1.82) is 0 Å². The minimum absolute atomic E-state index is 0.0569. The molecule has 0 amide bonds. The van der Waals surface area contributed by atoms with Crippen molar-refractivity contribution in [3.05, 3.63) is 258 Å². The third-order valence-corrected chi connectivity index (χ3v) is 14.8. The van der Waals surface area contributed by atoms with Gasteiger partial charge in [0.25, 0.3) is 0 Å². The van der Waals surface area contributed by atoms with Crippen LogP contribution >= 0.6 is 0 Å². The SMILES string of the molecule is CC1(C)c2ccccc2Cc2ccc(-c3ccc(N(c4ccc(-c5ccccc5)cc4)c4ccc(-c5ccc6c(c5)C(C)(C)c5cc(-c7cccc8ccccc78)ccc5-6)cc4)cc3)cc21. The van der Waals surface area contributed by atoms with Gasteiger partial charge in [0.2, 0.25) is 0 Å². The molecule has 0 radical (unpaired) electrons. The molecule has 1 nitrogen and oxygen atoms in total. The lowest BCUT2D eigenvalue weighted by Crippen LogP contribution is -2.27. The lowest BCUT2D eigenvalue weighted by atomic mass is 9.68. The van der Waals surface area contributed by atoms with Gasteiger partial charge in [-0.25, -0.2) is 0 Å². The molecule has 1 heteroatoms. The molecule has 66 heavy (non-hydrogen) atoms. The van der Waals surface area contributed by atoms with Crippen LogP contribution < -0.4 is 4.90 Å². The molecule has 12 rings (SSSR count). The molecule has 0 fully saturated rings. The van der Waals surface area contributed by atoms with Gasteiger partial charge in [-0.1, -0.05) is 198 Å². The number of fused-ring (bicyclic) bond motifs is 6. The molecule has 10 aromatic carbocycles. The van der Waals surface area contributed by atoms with Crippen LogP contribution in [0.2, 0.25) is 0 Å². The van der Waals surface area contributed by atoms with E-state index in [1.807, 2.05) is 0 Å².